The predicted octanol–water partition coefficient (Wildman–Crippen LogP) is 4.81. The molecule has 0 fully saturated rings. The summed E-state index contributed by atoms with van der Waals surface area (Å²) in [7, 11) is -1.48. The molecule has 2 rings (SSSR count). The Morgan fingerprint density at radius 3 is 2.24 bits per heavy atom. The highest BCUT2D eigenvalue weighted by Gasteiger charge is 2.15. The summed E-state index contributed by atoms with van der Waals surface area (Å²) in [5, 5.41) is 0. The van der Waals surface area contributed by atoms with Crippen molar-refractivity contribution in [1.82, 2.24) is 4.90 Å². The molecule has 0 aromatic heterocycles. The van der Waals surface area contributed by atoms with E-state index in [1.807, 2.05) is 0 Å². The summed E-state index contributed by atoms with van der Waals surface area (Å²) in [4.78, 5) is 29.5. The van der Waals surface area contributed by atoms with E-state index in [1.165, 1.54) is 18.1 Å². The van der Waals surface area contributed by atoms with Gasteiger partial charge in [-0.25, -0.2) is 18.0 Å². The average Bonchev–Trinajstić information content (AvgIpc) is 2.73. The molecule has 0 saturated carbocycles. The van der Waals surface area contributed by atoms with Crippen molar-refractivity contribution in [2.45, 2.75) is 27.2 Å². The lowest BCUT2D eigenvalue weighted by molar-refractivity contribution is -0.125. The van der Waals surface area contributed by atoms with Gasteiger partial charge in [-0.3, -0.25) is 9.59 Å². The van der Waals surface area contributed by atoms with Crippen LogP contribution in [0.4, 0.5) is 8.78 Å². The van der Waals surface area contributed by atoms with Gasteiger partial charge in [-0.15, -0.1) is 12.6 Å². The van der Waals surface area contributed by atoms with Crippen LogP contribution in [0.25, 0.3) is 11.1 Å². The SMILES string of the molecule is CC(=O)N=[S@](C)(=O)/C(S)=C(\C)N=C(C)N(C)C(=O)Cc1ccc(-c2cc(F)ccc2F)cc1. The normalized spacial score (nSPS) is 14.2. The Hall–Kier alpha value is -2.85. The lowest BCUT2D eigenvalue weighted by Crippen LogP contribution is -2.32. The number of aliphatic imine (C=N–C) groups is 1. The molecule has 176 valence electrons. The number of amidine groups is 1. The third-order valence-electron chi connectivity index (χ3n) is 4.71. The highest BCUT2D eigenvalue weighted by atomic mass is 32.2. The molecule has 0 aliphatic rings. The van der Waals surface area contributed by atoms with Gasteiger partial charge in [-0.2, -0.15) is 4.36 Å². The summed E-state index contributed by atoms with van der Waals surface area (Å²) in [6.45, 7) is 4.37. The molecule has 0 N–H and O–H groups in total. The van der Waals surface area contributed by atoms with Gasteiger partial charge < -0.3 is 4.90 Å². The molecule has 33 heavy (non-hydrogen) atoms. The average molecular weight is 494 g/mol. The summed E-state index contributed by atoms with van der Waals surface area (Å²) in [6, 6.07) is 9.82. The van der Waals surface area contributed by atoms with E-state index in [4.69, 9.17) is 0 Å². The molecular weight excluding hydrogens is 468 g/mol. The third-order valence-corrected chi connectivity index (χ3v) is 7.67. The first kappa shape index (κ1) is 26.4. The Morgan fingerprint density at radius 1 is 1.06 bits per heavy atom. The van der Waals surface area contributed by atoms with E-state index < -0.39 is 27.3 Å². The number of hydrogen-bond acceptors (Lipinski definition) is 5. The minimum absolute atomic E-state index is 0.0515. The minimum Gasteiger partial charge on any atom is -0.303 e. The molecule has 2 aromatic rings. The first-order valence-corrected chi connectivity index (χ1v) is 12.2. The maximum Gasteiger partial charge on any atom is 0.250 e. The fourth-order valence-corrected chi connectivity index (χ4v) is 4.27. The molecule has 0 unspecified atom stereocenters. The van der Waals surface area contributed by atoms with Crippen LogP contribution >= 0.6 is 12.6 Å². The van der Waals surface area contributed by atoms with Crippen LogP contribution in [0.1, 0.15) is 26.3 Å². The summed E-state index contributed by atoms with van der Waals surface area (Å²) in [6.07, 6.45) is 1.34. The highest BCUT2D eigenvalue weighted by molar-refractivity contribution is 8.11. The first-order valence-electron chi connectivity index (χ1n) is 9.80. The van der Waals surface area contributed by atoms with Crippen LogP contribution in [0.2, 0.25) is 0 Å². The third kappa shape index (κ3) is 7.06. The lowest BCUT2D eigenvalue weighted by atomic mass is 10.0. The molecule has 0 spiro atoms. The number of rotatable bonds is 5. The largest absolute Gasteiger partial charge is 0.303 e. The van der Waals surface area contributed by atoms with Gasteiger partial charge in [0.1, 0.15) is 17.5 Å². The van der Waals surface area contributed by atoms with Gasteiger partial charge in [0.05, 0.1) is 26.1 Å². The van der Waals surface area contributed by atoms with Crippen molar-refractivity contribution >= 4 is 40.0 Å². The predicted molar refractivity (Wildman–Crippen MR) is 130 cm³/mol. The zero-order chi connectivity index (χ0) is 24.9. The van der Waals surface area contributed by atoms with Gasteiger partial charge in [-0.05, 0) is 43.2 Å². The molecule has 1 atom stereocenters. The number of hydrogen-bond donors (Lipinski definition) is 1. The van der Waals surface area contributed by atoms with Crippen molar-refractivity contribution in [1.29, 1.82) is 0 Å². The van der Waals surface area contributed by atoms with Crippen molar-refractivity contribution in [2.75, 3.05) is 13.3 Å². The Balaban J connectivity index is 2.18. The fraction of sp³-hybridized carbons (Fsp3) is 0.261. The standard InChI is InChI=1S/C23H25F2N3O3S2/c1-14(23(32)33(5,31)27-16(3)29)26-15(2)28(4)22(30)12-17-6-8-18(9-7-17)20-13-19(24)10-11-21(20)25/h6-11,13,32H,12H2,1-5H3/b23-14+,26-15?/t33-/m1/s1. The van der Waals surface area contributed by atoms with Gasteiger partial charge in [0.25, 0.3) is 5.91 Å². The van der Waals surface area contributed by atoms with E-state index in [2.05, 4.69) is 22.0 Å². The van der Waals surface area contributed by atoms with Gasteiger partial charge >= 0.3 is 0 Å². The Bertz CT molecular complexity index is 1260. The second-order valence-corrected chi connectivity index (χ2v) is 10.4. The minimum atomic E-state index is -3.02. The van der Waals surface area contributed by atoms with Crippen molar-refractivity contribution in [3.8, 4) is 11.1 Å². The van der Waals surface area contributed by atoms with Gasteiger partial charge in [-0.1, -0.05) is 24.3 Å². The number of allylic oxidation sites excluding steroid dienone is 1. The number of benzene rings is 2. The number of thiol groups is 1. The fourth-order valence-electron chi connectivity index (χ4n) is 2.92. The van der Waals surface area contributed by atoms with Crippen LogP contribution in [0.15, 0.2) is 61.8 Å². The topological polar surface area (TPSA) is 79.2 Å². The van der Waals surface area contributed by atoms with Crippen LogP contribution in [0.5, 0.6) is 0 Å². The van der Waals surface area contributed by atoms with Gasteiger partial charge in [0.15, 0.2) is 0 Å². The van der Waals surface area contributed by atoms with Crippen LogP contribution in [-0.2, 0) is 25.7 Å². The van der Waals surface area contributed by atoms with Crippen LogP contribution < -0.4 is 0 Å². The molecule has 0 aliphatic heterocycles. The maximum atomic E-state index is 14.0. The summed E-state index contributed by atoms with van der Waals surface area (Å²) in [5.74, 6) is -1.59. The van der Waals surface area contributed by atoms with E-state index in [9.17, 15) is 22.6 Å². The lowest BCUT2D eigenvalue weighted by Gasteiger charge is -2.17. The maximum absolute atomic E-state index is 14.0. The number of carbonyl (C=O) groups excluding carboxylic acids is 2. The van der Waals surface area contributed by atoms with Crippen molar-refractivity contribution in [3.05, 3.63) is 69.6 Å². The number of carbonyl (C=O) groups is 2. The molecule has 10 heteroatoms. The molecule has 2 aromatic carbocycles. The zero-order valence-electron chi connectivity index (χ0n) is 18.9. The molecule has 0 heterocycles. The van der Waals surface area contributed by atoms with E-state index in [0.29, 0.717) is 17.0 Å². The van der Waals surface area contributed by atoms with Crippen LogP contribution in [0.3, 0.4) is 0 Å². The summed E-state index contributed by atoms with van der Waals surface area (Å²) in [5.41, 5.74) is 1.59. The number of likely N-dealkylation sites (N-methyl/N-ethyl adjacent to an activating group) is 1. The zero-order valence-corrected chi connectivity index (χ0v) is 20.6. The molecule has 6 nitrogen and oxygen atoms in total. The van der Waals surface area contributed by atoms with Crippen LogP contribution in [-0.4, -0.2) is 40.1 Å². The van der Waals surface area contributed by atoms with Crippen LogP contribution in [0, 0.1) is 11.6 Å². The molecule has 0 bridgehead atoms. The van der Waals surface area contributed by atoms with E-state index >= 15 is 0 Å². The smallest absolute Gasteiger partial charge is 0.250 e. The van der Waals surface area contributed by atoms with Crippen molar-refractivity contribution < 1.29 is 22.6 Å². The molecule has 0 radical (unpaired) electrons. The second kappa shape index (κ2) is 10.8. The Labute approximate surface area is 198 Å². The highest BCUT2D eigenvalue weighted by Crippen LogP contribution is 2.24. The molecular formula is C23H25F2N3O3S2. The summed E-state index contributed by atoms with van der Waals surface area (Å²) < 4.78 is 43.5. The van der Waals surface area contributed by atoms with E-state index in [1.54, 1.807) is 45.2 Å². The number of halogens is 2. The molecule has 0 saturated heterocycles. The van der Waals surface area contributed by atoms with Gasteiger partial charge in [0, 0.05) is 25.8 Å². The quantitative estimate of drug-likeness (QED) is 0.369. The number of amides is 2. The van der Waals surface area contributed by atoms with Crippen molar-refractivity contribution in [3.63, 3.8) is 0 Å². The second-order valence-electron chi connectivity index (χ2n) is 7.41. The summed E-state index contributed by atoms with van der Waals surface area (Å²) >= 11 is 4.21. The van der Waals surface area contributed by atoms with Crippen molar-refractivity contribution in [2.24, 2.45) is 9.36 Å². The van der Waals surface area contributed by atoms with Gasteiger partial charge in [0.2, 0.25) is 5.91 Å². The number of nitrogens with zero attached hydrogens (tertiary/aromatic N) is 3. The molecule has 0 aliphatic carbocycles. The monoisotopic (exact) mass is 493 g/mol. The Kier molecular flexibility index (Phi) is 8.68. The van der Waals surface area contributed by atoms with E-state index in [-0.39, 0.29) is 27.8 Å². The molecule has 2 amide bonds. The Morgan fingerprint density at radius 2 is 1.67 bits per heavy atom. The first-order chi connectivity index (χ1) is 15.3. The van der Waals surface area contributed by atoms with E-state index in [0.717, 1.165) is 18.2 Å².